The third-order valence-corrected chi connectivity index (χ3v) is 2.23. The van der Waals surface area contributed by atoms with Crippen LogP contribution in [0.1, 0.15) is 32.6 Å². The molecule has 2 atom stereocenters. The molecule has 0 saturated heterocycles. The highest BCUT2D eigenvalue weighted by Gasteiger charge is 2.24. The van der Waals surface area contributed by atoms with Gasteiger partial charge in [0.15, 0.2) is 0 Å². The van der Waals surface area contributed by atoms with Crippen molar-refractivity contribution in [1.29, 1.82) is 0 Å². The van der Waals surface area contributed by atoms with E-state index in [1.807, 2.05) is 0 Å². The molecule has 50 valence electrons. The van der Waals surface area contributed by atoms with Crippen molar-refractivity contribution in [1.82, 2.24) is 0 Å². The minimum atomic E-state index is 0.346. The number of hydrogen-bond acceptors (Lipinski definition) is 0. The second-order valence-corrected chi connectivity index (χ2v) is 2.96. The third-order valence-electron chi connectivity index (χ3n) is 2.23. The van der Waals surface area contributed by atoms with Crippen molar-refractivity contribution in [3.8, 4) is 0 Å². The molecule has 0 bridgehead atoms. The van der Waals surface area contributed by atoms with E-state index in [2.05, 4.69) is 11.8 Å². The first kappa shape index (κ1) is 6.61. The Morgan fingerprint density at radius 2 is 2.00 bits per heavy atom. The Morgan fingerprint density at radius 3 is 2.44 bits per heavy atom. The SMILES string of the molecule is [C-]#[N+][C@H]1CCCC[C@@H]1C. The molecular formula is C8H13N. The van der Waals surface area contributed by atoms with Crippen LogP contribution in [-0.2, 0) is 0 Å². The van der Waals surface area contributed by atoms with E-state index in [0.717, 1.165) is 6.42 Å². The van der Waals surface area contributed by atoms with Gasteiger partial charge < -0.3 is 4.85 Å². The summed E-state index contributed by atoms with van der Waals surface area (Å²) in [5.41, 5.74) is 0. The Hall–Kier alpha value is -0.510. The number of rotatable bonds is 0. The molecule has 1 rings (SSSR count). The van der Waals surface area contributed by atoms with Gasteiger partial charge in [0, 0.05) is 12.3 Å². The van der Waals surface area contributed by atoms with E-state index in [0.29, 0.717) is 12.0 Å². The zero-order chi connectivity index (χ0) is 6.69. The highest BCUT2D eigenvalue weighted by atomic mass is 14.7. The fourth-order valence-electron chi connectivity index (χ4n) is 1.49. The van der Waals surface area contributed by atoms with Gasteiger partial charge >= 0.3 is 0 Å². The van der Waals surface area contributed by atoms with Gasteiger partial charge in [-0.15, -0.1) is 0 Å². The molecule has 0 N–H and O–H groups in total. The first-order valence-corrected chi connectivity index (χ1v) is 3.71. The predicted molar refractivity (Wildman–Crippen MR) is 38.0 cm³/mol. The zero-order valence-corrected chi connectivity index (χ0v) is 5.93. The van der Waals surface area contributed by atoms with E-state index in [4.69, 9.17) is 6.57 Å². The van der Waals surface area contributed by atoms with Crippen LogP contribution >= 0.6 is 0 Å². The van der Waals surface area contributed by atoms with E-state index in [9.17, 15) is 0 Å². The molecule has 0 heterocycles. The molecule has 0 aromatic heterocycles. The fourth-order valence-corrected chi connectivity index (χ4v) is 1.49. The predicted octanol–water partition coefficient (Wildman–Crippen LogP) is 2.48. The summed E-state index contributed by atoms with van der Waals surface area (Å²) in [6.45, 7) is 9.05. The van der Waals surface area contributed by atoms with Crippen molar-refractivity contribution in [2.45, 2.75) is 38.6 Å². The van der Waals surface area contributed by atoms with Crippen LogP contribution in [0.2, 0.25) is 0 Å². The summed E-state index contributed by atoms with van der Waals surface area (Å²) in [6, 6.07) is 0.346. The van der Waals surface area contributed by atoms with Crippen LogP contribution < -0.4 is 0 Å². The van der Waals surface area contributed by atoms with Crippen molar-refractivity contribution in [3.63, 3.8) is 0 Å². The Balaban J connectivity index is 2.41. The molecule has 0 aromatic carbocycles. The van der Waals surface area contributed by atoms with Crippen LogP contribution in [0, 0.1) is 12.5 Å². The largest absolute Gasteiger partial charge is 0.313 e. The van der Waals surface area contributed by atoms with Gasteiger partial charge in [-0.3, -0.25) is 0 Å². The Labute approximate surface area is 56.9 Å². The standard InChI is InChI=1S/C8H13N/c1-7-5-3-4-6-8(7)9-2/h7-8H,3-6H2,1H3/t7-,8-/m0/s1. The molecule has 0 unspecified atom stereocenters. The van der Waals surface area contributed by atoms with E-state index >= 15 is 0 Å². The van der Waals surface area contributed by atoms with Crippen molar-refractivity contribution in [2.75, 3.05) is 0 Å². The molecule has 1 fully saturated rings. The molecule has 0 aromatic rings. The fraction of sp³-hybridized carbons (Fsp3) is 0.875. The molecule has 9 heavy (non-hydrogen) atoms. The molecular weight excluding hydrogens is 110 g/mol. The molecule has 1 heteroatoms. The summed E-state index contributed by atoms with van der Waals surface area (Å²) < 4.78 is 0. The lowest BCUT2D eigenvalue weighted by Gasteiger charge is -2.18. The first-order valence-electron chi connectivity index (χ1n) is 3.71. The van der Waals surface area contributed by atoms with Crippen LogP contribution in [0.3, 0.4) is 0 Å². The lowest BCUT2D eigenvalue weighted by Crippen LogP contribution is -2.18. The maximum Gasteiger partial charge on any atom is 0.226 e. The lowest BCUT2D eigenvalue weighted by molar-refractivity contribution is 0.364. The van der Waals surface area contributed by atoms with Gasteiger partial charge in [0.25, 0.3) is 0 Å². The van der Waals surface area contributed by atoms with Crippen molar-refractivity contribution in [2.24, 2.45) is 5.92 Å². The van der Waals surface area contributed by atoms with Crippen LogP contribution in [-0.4, -0.2) is 6.04 Å². The minimum absolute atomic E-state index is 0.346. The van der Waals surface area contributed by atoms with Gasteiger partial charge in [0.1, 0.15) is 0 Å². The maximum atomic E-state index is 6.85. The van der Waals surface area contributed by atoms with Crippen molar-refractivity contribution < 1.29 is 0 Å². The van der Waals surface area contributed by atoms with Gasteiger partial charge in [0.2, 0.25) is 6.04 Å². The molecule has 1 aliphatic rings. The molecule has 0 spiro atoms. The summed E-state index contributed by atoms with van der Waals surface area (Å²) in [6.07, 6.45) is 5.03. The highest BCUT2D eigenvalue weighted by Crippen LogP contribution is 2.25. The average Bonchev–Trinajstić information content (AvgIpc) is 1.89. The normalized spacial score (nSPS) is 35.6. The van der Waals surface area contributed by atoms with E-state index in [1.54, 1.807) is 0 Å². The number of nitrogens with zero attached hydrogens (tertiary/aromatic N) is 1. The van der Waals surface area contributed by atoms with E-state index in [-0.39, 0.29) is 0 Å². The molecule has 1 saturated carbocycles. The van der Waals surface area contributed by atoms with Crippen molar-refractivity contribution in [3.05, 3.63) is 11.4 Å². The smallest absolute Gasteiger partial charge is 0.226 e. The number of hydrogen-bond donors (Lipinski definition) is 0. The maximum absolute atomic E-state index is 6.85. The molecule has 1 nitrogen and oxygen atoms in total. The molecule has 0 aliphatic heterocycles. The van der Waals surface area contributed by atoms with Crippen LogP contribution in [0.25, 0.3) is 4.85 Å². The van der Waals surface area contributed by atoms with Gasteiger partial charge in [-0.2, -0.15) is 0 Å². The van der Waals surface area contributed by atoms with Gasteiger partial charge in [0.05, 0.1) is 0 Å². The summed E-state index contributed by atoms with van der Waals surface area (Å²) >= 11 is 0. The molecule has 1 aliphatic carbocycles. The second kappa shape index (κ2) is 2.87. The topological polar surface area (TPSA) is 4.36 Å². The van der Waals surface area contributed by atoms with Crippen molar-refractivity contribution >= 4 is 0 Å². The van der Waals surface area contributed by atoms with Gasteiger partial charge in [-0.05, 0) is 12.8 Å². The summed E-state index contributed by atoms with van der Waals surface area (Å²) in [7, 11) is 0. The average molecular weight is 123 g/mol. The first-order chi connectivity index (χ1) is 4.34. The van der Waals surface area contributed by atoms with E-state index in [1.165, 1.54) is 19.3 Å². The third kappa shape index (κ3) is 1.45. The van der Waals surface area contributed by atoms with Crippen LogP contribution in [0.15, 0.2) is 0 Å². The van der Waals surface area contributed by atoms with Gasteiger partial charge in [-0.25, -0.2) is 6.57 Å². The summed E-state index contributed by atoms with van der Waals surface area (Å²) in [5, 5.41) is 0. The Kier molecular flexibility index (Phi) is 2.10. The molecule has 0 amide bonds. The van der Waals surface area contributed by atoms with E-state index < -0.39 is 0 Å². The second-order valence-electron chi connectivity index (χ2n) is 2.96. The summed E-state index contributed by atoms with van der Waals surface area (Å²) in [4.78, 5) is 3.58. The van der Waals surface area contributed by atoms with Crippen LogP contribution in [0.4, 0.5) is 0 Å². The summed E-state index contributed by atoms with van der Waals surface area (Å²) in [5.74, 6) is 0.663. The Morgan fingerprint density at radius 1 is 1.33 bits per heavy atom. The van der Waals surface area contributed by atoms with Crippen LogP contribution in [0.5, 0.6) is 0 Å². The quantitative estimate of drug-likeness (QED) is 0.436. The molecule has 0 radical (unpaired) electrons. The minimum Gasteiger partial charge on any atom is -0.313 e. The highest BCUT2D eigenvalue weighted by molar-refractivity contribution is 4.86. The zero-order valence-electron chi connectivity index (χ0n) is 5.93. The Bertz CT molecular complexity index is 123. The monoisotopic (exact) mass is 123 g/mol. The van der Waals surface area contributed by atoms with Gasteiger partial charge in [-0.1, -0.05) is 13.3 Å². The lowest BCUT2D eigenvalue weighted by atomic mass is 9.86.